The summed E-state index contributed by atoms with van der Waals surface area (Å²) >= 11 is 0. The Morgan fingerprint density at radius 3 is 1.46 bits per heavy atom. The Hall–Kier alpha value is -5.86. The lowest BCUT2D eigenvalue weighted by Crippen LogP contribution is -2.18. The number of para-hydroxylation sites is 2. The number of benzene rings is 7. The summed E-state index contributed by atoms with van der Waals surface area (Å²) in [6.45, 7) is 9.47. The molecule has 1 aromatic heterocycles. The summed E-state index contributed by atoms with van der Waals surface area (Å²) in [7, 11) is 0. The Morgan fingerprint density at radius 2 is 0.840 bits per heavy atom. The average molecular weight is 643 g/mol. The Morgan fingerprint density at radius 1 is 0.380 bits per heavy atom. The van der Waals surface area contributed by atoms with Gasteiger partial charge >= 0.3 is 0 Å². The van der Waals surface area contributed by atoms with E-state index in [1.165, 1.54) is 77.7 Å². The van der Waals surface area contributed by atoms with Crippen LogP contribution >= 0.6 is 0 Å². The predicted molar refractivity (Wildman–Crippen MR) is 211 cm³/mol. The van der Waals surface area contributed by atoms with Crippen LogP contribution < -0.4 is 4.90 Å². The van der Waals surface area contributed by atoms with Gasteiger partial charge in [0, 0.05) is 44.4 Å². The molecule has 240 valence electrons. The van der Waals surface area contributed by atoms with E-state index < -0.39 is 0 Å². The number of rotatable bonds is 4. The van der Waals surface area contributed by atoms with Crippen molar-refractivity contribution in [3.8, 4) is 27.9 Å². The molecule has 0 amide bonds. The molecule has 0 aliphatic heterocycles. The van der Waals surface area contributed by atoms with E-state index in [9.17, 15) is 0 Å². The zero-order chi connectivity index (χ0) is 33.8. The highest BCUT2D eigenvalue weighted by atomic mass is 15.1. The Bertz CT molecular complexity index is 2550. The summed E-state index contributed by atoms with van der Waals surface area (Å²) in [4.78, 5) is 2.48. The standard InChI is InChI=1S/C48H38N2/c1-47(2)41-19-11-8-16-35(41)37-25-22-32(28-43(37)47)49(33-23-26-38-36-17-9-12-20-42(36)48(3,4)44(38)29-33)34-24-27-40-39-18-10-13-21-45(39)50(46(40)30-34)31-14-6-5-7-15-31/h5-30H,1-4H3. The molecule has 0 saturated heterocycles. The second-order valence-corrected chi connectivity index (χ2v) is 15.0. The van der Waals surface area contributed by atoms with Crippen LogP contribution in [0.5, 0.6) is 0 Å². The van der Waals surface area contributed by atoms with Gasteiger partial charge in [0.05, 0.1) is 11.0 Å². The molecule has 0 unspecified atom stereocenters. The SMILES string of the molecule is CC1(C)c2ccccc2-c2ccc(N(c3ccc4c(c3)C(C)(C)c3ccccc3-4)c3ccc4c5ccccc5n(-c5ccccc5)c4c3)cc21. The first-order valence-electron chi connectivity index (χ1n) is 17.7. The molecule has 2 aliphatic carbocycles. The molecule has 0 atom stereocenters. The van der Waals surface area contributed by atoms with E-state index in [0.29, 0.717) is 0 Å². The zero-order valence-electron chi connectivity index (χ0n) is 28.9. The smallest absolute Gasteiger partial charge is 0.0561 e. The van der Waals surface area contributed by atoms with Gasteiger partial charge in [-0.15, -0.1) is 0 Å². The quantitative estimate of drug-likeness (QED) is 0.185. The lowest BCUT2D eigenvalue weighted by Gasteiger charge is -2.30. The van der Waals surface area contributed by atoms with Crippen molar-refractivity contribution in [2.24, 2.45) is 0 Å². The third-order valence-corrected chi connectivity index (χ3v) is 11.6. The van der Waals surface area contributed by atoms with Crippen LogP contribution in [0.1, 0.15) is 49.9 Å². The summed E-state index contributed by atoms with van der Waals surface area (Å²) in [6.07, 6.45) is 0. The highest BCUT2D eigenvalue weighted by Gasteiger charge is 2.37. The van der Waals surface area contributed by atoms with Gasteiger partial charge in [-0.2, -0.15) is 0 Å². The normalized spacial score (nSPS) is 14.7. The largest absolute Gasteiger partial charge is 0.310 e. The molecule has 10 rings (SSSR count). The number of hydrogen-bond acceptors (Lipinski definition) is 1. The maximum atomic E-state index is 2.48. The van der Waals surface area contributed by atoms with Gasteiger partial charge in [0.15, 0.2) is 0 Å². The molecule has 0 saturated carbocycles. The van der Waals surface area contributed by atoms with Crippen molar-refractivity contribution in [1.29, 1.82) is 0 Å². The Balaban J connectivity index is 1.23. The van der Waals surface area contributed by atoms with Gasteiger partial charge in [-0.3, -0.25) is 0 Å². The number of nitrogens with zero attached hydrogens (tertiary/aromatic N) is 2. The molecular formula is C48H38N2. The first kappa shape index (κ1) is 29.1. The van der Waals surface area contributed by atoms with E-state index in [4.69, 9.17) is 0 Å². The number of hydrogen-bond donors (Lipinski definition) is 0. The van der Waals surface area contributed by atoms with E-state index in [1.54, 1.807) is 0 Å². The third-order valence-electron chi connectivity index (χ3n) is 11.6. The number of anilines is 3. The van der Waals surface area contributed by atoms with Crippen LogP contribution in [0, 0.1) is 0 Å². The van der Waals surface area contributed by atoms with Gasteiger partial charge in [0.1, 0.15) is 0 Å². The lowest BCUT2D eigenvalue weighted by atomic mass is 9.82. The van der Waals surface area contributed by atoms with E-state index in [-0.39, 0.29) is 10.8 Å². The molecule has 0 radical (unpaired) electrons. The molecule has 7 aromatic carbocycles. The molecule has 2 heteroatoms. The molecule has 0 spiro atoms. The van der Waals surface area contributed by atoms with Crippen LogP contribution in [0.15, 0.2) is 158 Å². The Labute approximate surface area is 293 Å². The molecule has 8 aromatic rings. The van der Waals surface area contributed by atoms with Crippen LogP contribution in [0.25, 0.3) is 49.7 Å². The minimum atomic E-state index is -0.0983. The topological polar surface area (TPSA) is 8.17 Å². The lowest BCUT2D eigenvalue weighted by molar-refractivity contribution is 0.660. The van der Waals surface area contributed by atoms with Crippen molar-refractivity contribution in [3.63, 3.8) is 0 Å². The van der Waals surface area contributed by atoms with Crippen molar-refractivity contribution in [1.82, 2.24) is 4.57 Å². The minimum Gasteiger partial charge on any atom is -0.310 e. The predicted octanol–water partition coefficient (Wildman–Crippen LogP) is 12.9. The monoisotopic (exact) mass is 642 g/mol. The minimum absolute atomic E-state index is 0.0983. The molecule has 0 N–H and O–H groups in total. The van der Waals surface area contributed by atoms with Gasteiger partial charge in [0.2, 0.25) is 0 Å². The van der Waals surface area contributed by atoms with Crippen molar-refractivity contribution < 1.29 is 0 Å². The maximum absolute atomic E-state index is 2.48. The molecule has 0 fully saturated rings. The molecule has 1 heterocycles. The van der Waals surface area contributed by atoms with Crippen LogP contribution in [-0.2, 0) is 10.8 Å². The zero-order valence-corrected chi connectivity index (χ0v) is 28.9. The second-order valence-electron chi connectivity index (χ2n) is 15.0. The highest BCUT2D eigenvalue weighted by Crippen LogP contribution is 2.53. The molecule has 0 bridgehead atoms. The molecular weight excluding hydrogens is 605 g/mol. The van der Waals surface area contributed by atoms with Crippen molar-refractivity contribution in [2.75, 3.05) is 4.90 Å². The van der Waals surface area contributed by atoms with Crippen molar-refractivity contribution in [2.45, 2.75) is 38.5 Å². The number of fused-ring (bicyclic) bond motifs is 9. The summed E-state index contributed by atoms with van der Waals surface area (Å²) in [5, 5.41) is 2.52. The maximum Gasteiger partial charge on any atom is 0.0561 e. The van der Waals surface area contributed by atoms with Gasteiger partial charge in [-0.25, -0.2) is 0 Å². The third kappa shape index (κ3) is 3.96. The van der Waals surface area contributed by atoms with Crippen LogP contribution in [0.4, 0.5) is 17.1 Å². The number of aromatic nitrogens is 1. The summed E-state index contributed by atoms with van der Waals surface area (Å²) < 4.78 is 2.41. The summed E-state index contributed by atoms with van der Waals surface area (Å²) in [5.74, 6) is 0. The highest BCUT2D eigenvalue weighted by molar-refractivity contribution is 6.10. The fourth-order valence-electron chi connectivity index (χ4n) is 9.06. The van der Waals surface area contributed by atoms with Crippen molar-refractivity contribution in [3.05, 3.63) is 180 Å². The summed E-state index contributed by atoms with van der Waals surface area (Å²) in [6, 6.07) is 58.6. The van der Waals surface area contributed by atoms with Gasteiger partial charge in [-0.05, 0) is 99.1 Å². The van der Waals surface area contributed by atoms with Gasteiger partial charge in [-0.1, -0.05) is 131 Å². The first-order valence-corrected chi connectivity index (χ1v) is 17.7. The van der Waals surface area contributed by atoms with E-state index in [2.05, 4.69) is 195 Å². The van der Waals surface area contributed by atoms with E-state index in [0.717, 1.165) is 11.4 Å². The van der Waals surface area contributed by atoms with Crippen molar-refractivity contribution >= 4 is 38.9 Å². The van der Waals surface area contributed by atoms with Crippen LogP contribution in [0.3, 0.4) is 0 Å². The average Bonchev–Trinajstić information content (AvgIpc) is 3.69. The molecule has 2 aliphatic rings. The van der Waals surface area contributed by atoms with Crippen LogP contribution in [0.2, 0.25) is 0 Å². The summed E-state index contributed by atoms with van der Waals surface area (Å²) in [5.41, 5.74) is 17.7. The van der Waals surface area contributed by atoms with Crippen LogP contribution in [-0.4, -0.2) is 4.57 Å². The first-order chi connectivity index (χ1) is 24.3. The Kier molecular flexibility index (Phi) is 6.01. The van der Waals surface area contributed by atoms with Gasteiger partial charge in [0.25, 0.3) is 0 Å². The fraction of sp³-hybridized carbons (Fsp3) is 0.125. The molecule has 2 nitrogen and oxygen atoms in total. The van der Waals surface area contributed by atoms with E-state index in [1.807, 2.05) is 0 Å². The van der Waals surface area contributed by atoms with Gasteiger partial charge < -0.3 is 9.47 Å². The van der Waals surface area contributed by atoms with E-state index >= 15 is 0 Å². The fourth-order valence-corrected chi connectivity index (χ4v) is 9.06. The second kappa shape index (κ2) is 10.3. The molecule has 50 heavy (non-hydrogen) atoms.